The first-order valence-electron chi connectivity index (χ1n) is 8.79. The Kier molecular flexibility index (Phi) is 4.66. The molecule has 2 aliphatic rings. The summed E-state index contributed by atoms with van der Waals surface area (Å²) >= 11 is 0. The van der Waals surface area contributed by atoms with Crippen LogP contribution in [0.3, 0.4) is 0 Å². The van der Waals surface area contributed by atoms with Crippen LogP contribution in [-0.2, 0) is 12.8 Å². The van der Waals surface area contributed by atoms with Crippen molar-refractivity contribution in [1.82, 2.24) is 4.90 Å². The van der Waals surface area contributed by atoms with Crippen LogP contribution in [0.15, 0.2) is 24.3 Å². The zero-order chi connectivity index (χ0) is 14.7. The van der Waals surface area contributed by atoms with Gasteiger partial charge in [-0.3, -0.25) is 4.90 Å². The maximum absolute atomic E-state index is 6.30. The molecule has 0 bridgehead atoms. The SMILES string of the molecule is CCC1CCCC(CN)(N2CCc3ccccc3CC2)C1. The summed E-state index contributed by atoms with van der Waals surface area (Å²) in [6.45, 7) is 5.55. The van der Waals surface area contributed by atoms with Crippen LogP contribution >= 0.6 is 0 Å². The van der Waals surface area contributed by atoms with Crippen molar-refractivity contribution >= 4 is 0 Å². The van der Waals surface area contributed by atoms with Gasteiger partial charge in [0.15, 0.2) is 0 Å². The van der Waals surface area contributed by atoms with E-state index in [1.54, 1.807) is 11.1 Å². The molecule has 116 valence electrons. The molecular weight excluding hydrogens is 256 g/mol. The van der Waals surface area contributed by atoms with E-state index in [4.69, 9.17) is 5.73 Å². The largest absolute Gasteiger partial charge is 0.329 e. The number of hydrogen-bond acceptors (Lipinski definition) is 2. The zero-order valence-corrected chi connectivity index (χ0v) is 13.5. The van der Waals surface area contributed by atoms with Gasteiger partial charge in [0.1, 0.15) is 0 Å². The Balaban J connectivity index is 1.76. The van der Waals surface area contributed by atoms with Crippen LogP contribution in [0.5, 0.6) is 0 Å². The van der Waals surface area contributed by atoms with Gasteiger partial charge in [0, 0.05) is 25.2 Å². The fraction of sp³-hybridized carbons (Fsp3) is 0.684. The van der Waals surface area contributed by atoms with Crippen LogP contribution in [-0.4, -0.2) is 30.1 Å². The van der Waals surface area contributed by atoms with Gasteiger partial charge in [-0.1, -0.05) is 50.5 Å². The first kappa shape index (κ1) is 15.1. The van der Waals surface area contributed by atoms with Crippen LogP contribution in [0.2, 0.25) is 0 Å². The molecule has 2 atom stereocenters. The van der Waals surface area contributed by atoms with Crippen molar-refractivity contribution in [1.29, 1.82) is 0 Å². The minimum Gasteiger partial charge on any atom is -0.329 e. The quantitative estimate of drug-likeness (QED) is 0.923. The highest BCUT2D eigenvalue weighted by molar-refractivity contribution is 5.29. The van der Waals surface area contributed by atoms with E-state index in [2.05, 4.69) is 36.1 Å². The average molecular weight is 286 g/mol. The maximum Gasteiger partial charge on any atom is 0.0334 e. The van der Waals surface area contributed by atoms with Crippen molar-refractivity contribution in [3.8, 4) is 0 Å². The molecule has 3 rings (SSSR count). The van der Waals surface area contributed by atoms with E-state index >= 15 is 0 Å². The first-order chi connectivity index (χ1) is 10.3. The second-order valence-electron chi connectivity index (χ2n) is 7.05. The Morgan fingerprint density at radius 1 is 1.19 bits per heavy atom. The van der Waals surface area contributed by atoms with E-state index in [0.717, 1.165) is 12.5 Å². The minimum absolute atomic E-state index is 0.279. The fourth-order valence-electron chi connectivity index (χ4n) is 4.55. The molecule has 1 aromatic carbocycles. The van der Waals surface area contributed by atoms with Gasteiger partial charge < -0.3 is 5.73 Å². The third-order valence-corrected chi connectivity index (χ3v) is 5.97. The van der Waals surface area contributed by atoms with Crippen LogP contribution in [0.4, 0.5) is 0 Å². The Morgan fingerprint density at radius 3 is 2.43 bits per heavy atom. The van der Waals surface area contributed by atoms with E-state index in [1.165, 1.54) is 58.0 Å². The molecule has 2 N–H and O–H groups in total. The number of benzene rings is 1. The third kappa shape index (κ3) is 3.02. The fourth-order valence-corrected chi connectivity index (χ4v) is 4.55. The second-order valence-corrected chi connectivity index (χ2v) is 7.05. The van der Waals surface area contributed by atoms with Gasteiger partial charge in [0.25, 0.3) is 0 Å². The normalized spacial score (nSPS) is 30.7. The molecule has 1 fully saturated rings. The molecule has 1 heterocycles. The number of fused-ring (bicyclic) bond motifs is 1. The van der Waals surface area contributed by atoms with Crippen LogP contribution in [0.1, 0.15) is 50.2 Å². The van der Waals surface area contributed by atoms with Gasteiger partial charge in [-0.25, -0.2) is 0 Å². The van der Waals surface area contributed by atoms with E-state index in [-0.39, 0.29) is 5.54 Å². The van der Waals surface area contributed by atoms with Crippen molar-refractivity contribution in [3.63, 3.8) is 0 Å². The molecule has 2 nitrogen and oxygen atoms in total. The molecule has 1 aliphatic carbocycles. The van der Waals surface area contributed by atoms with E-state index < -0.39 is 0 Å². The predicted octanol–water partition coefficient (Wildman–Crippen LogP) is 3.38. The smallest absolute Gasteiger partial charge is 0.0334 e. The number of hydrogen-bond donors (Lipinski definition) is 1. The van der Waals surface area contributed by atoms with Gasteiger partial charge in [0.05, 0.1) is 0 Å². The standard InChI is InChI=1S/C19H30N2/c1-2-16-6-5-11-19(14-16,15-20)21-12-9-17-7-3-4-8-18(17)10-13-21/h3-4,7-8,16H,2,5-6,9-15,20H2,1H3. The zero-order valence-electron chi connectivity index (χ0n) is 13.5. The minimum atomic E-state index is 0.279. The van der Waals surface area contributed by atoms with Gasteiger partial charge in [-0.15, -0.1) is 0 Å². The lowest BCUT2D eigenvalue weighted by Gasteiger charge is -2.48. The molecule has 21 heavy (non-hydrogen) atoms. The lowest BCUT2D eigenvalue weighted by Crippen LogP contribution is -2.57. The van der Waals surface area contributed by atoms with E-state index in [0.29, 0.717) is 0 Å². The molecule has 1 aliphatic heterocycles. The predicted molar refractivity (Wildman–Crippen MR) is 89.5 cm³/mol. The molecule has 2 heteroatoms. The van der Waals surface area contributed by atoms with Gasteiger partial charge in [-0.2, -0.15) is 0 Å². The average Bonchev–Trinajstić information content (AvgIpc) is 2.77. The van der Waals surface area contributed by atoms with Crippen LogP contribution in [0, 0.1) is 5.92 Å². The summed E-state index contributed by atoms with van der Waals surface area (Å²) in [6, 6.07) is 8.98. The number of rotatable bonds is 3. The van der Waals surface area contributed by atoms with Gasteiger partial charge in [0.2, 0.25) is 0 Å². The number of nitrogens with two attached hydrogens (primary N) is 1. The molecule has 0 radical (unpaired) electrons. The Morgan fingerprint density at radius 2 is 1.86 bits per heavy atom. The van der Waals surface area contributed by atoms with Crippen molar-refractivity contribution in [2.24, 2.45) is 11.7 Å². The highest BCUT2D eigenvalue weighted by Gasteiger charge is 2.39. The molecule has 1 aromatic rings. The molecule has 0 saturated heterocycles. The molecule has 2 unspecified atom stereocenters. The summed E-state index contributed by atoms with van der Waals surface area (Å²) in [6.07, 6.45) is 9.08. The lowest BCUT2D eigenvalue weighted by atomic mass is 9.73. The summed E-state index contributed by atoms with van der Waals surface area (Å²) in [5.74, 6) is 0.882. The maximum atomic E-state index is 6.30. The Hall–Kier alpha value is -0.860. The van der Waals surface area contributed by atoms with E-state index in [1.807, 2.05) is 0 Å². The topological polar surface area (TPSA) is 29.3 Å². The lowest BCUT2D eigenvalue weighted by molar-refractivity contribution is 0.0380. The van der Waals surface area contributed by atoms with Crippen molar-refractivity contribution in [3.05, 3.63) is 35.4 Å². The van der Waals surface area contributed by atoms with Crippen molar-refractivity contribution in [2.75, 3.05) is 19.6 Å². The monoisotopic (exact) mass is 286 g/mol. The molecule has 0 amide bonds. The Bertz CT molecular complexity index is 443. The summed E-state index contributed by atoms with van der Waals surface area (Å²) < 4.78 is 0. The molecule has 0 aromatic heterocycles. The third-order valence-electron chi connectivity index (χ3n) is 5.97. The molecule has 1 saturated carbocycles. The van der Waals surface area contributed by atoms with Gasteiger partial charge in [-0.05, 0) is 42.7 Å². The summed E-state index contributed by atoms with van der Waals surface area (Å²) in [5.41, 5.74) is 9.68. The van der Waals surface area contributed by atoms with Gasteiger partial charge >= 0.3 is 0 Å². The number of nitrogens with zero attached hydrogens (tertiary/aromatic N) is 1. The Labute approximate surface area is 129 Å². The summed E-state index contributed by atoms with van der Waals surface area (Å²) in [4.78, 5) is 2.74. The second kappa shape index (κ2) is 6.50. The summed E-state index contributed by atoms with van der Waals surface area (Å²) in [5, 5.41) is 0. The highest BCUT2D eigenvalue weighted by Crippen LogP contribution is 2.38. The van der Waals surface area contributed by atoms with Crippen LogP contribution in [0.25, 0.3) is 0 Å². The molecular formula is C19H30N2. The highest BCUT2D eigenvalue weighted by atomic mass is 15.2. The van der Waals surface area contributed by atoms with Crippen molar-refractivity contribution < 1.29 is 0 Å². The summed E-state index contributed by atoms with van der Waals surface area (Å²) in [7, 11) is 0. The van der Waals surface area contributed by atoms with Crippen LogP contribution < -0.4 is 5.73 Å². The molecule has 0 spiro atoms. The van der Waals surface area contributed by atoms with E-state index in [9.17, 15) is 0 Å². The first-order valence-corrected chi connectivity index (χ1v) is 8.79. The van der Waals surface area contributed by atoms with Crippen molar-refractivity contribution in [2.45, 2.75) is 57.4 Å².